The summed E-state index contributed by atoms with van der Waals surface area (Å²) in [4.78, 5) is 25.3. The smallest absolute Gasteiger partial charge is 0.268 e. The number of aliphatic hydroxyl groups excluding tert-OH is 1. The Bertz CT molecular complexity index is 907. The van der Waals surface area contributed by atoms with Gasteiger partial charge in [0.15, 0.2) is 0 Å². The summed E-state index contributed by atoms with van der Waals surface area (Å²) < 4.78 is 23.2. The second-order valence-corrected chi connectivity index (χ2v) is 17.5. The highest BCUT2D eigenvalue weighted by Gasteiger charge is 2.24. The summed E-state index contributed by atoms with van der Waals surface area (Å²) in [6, 6.07) is -0.804. The van der Waals surface area contributed by atoms with Crippen LogP contribution >= 0.6 is 7.82 Å². The van der Waals surface area contributed by atoms with Crippen LogP contribution in [0.4, 0.5) is 0 Å². The van der Waals surface area contributed by atoms with E-state index in [0.29, 0.717) is 23.9 Å². The molecule has 0 aromatic rings. The van der Waals surface area contributed by atoms with Crippen molar-refractivity contribution in [2.24, 2.45) is 0 Å². The number of carbonyl (C=O) groups excluding carboxylic acids is 1. The van der Waals surface area contributed by atoms with Crippen LogP contribution in [-0.2, 0) is 18.4 Å². The topological polar surface area (TPSA) is 108 Å². The molecule has 0 heterocycles. The van der Waals surface area contributed by atoms with Crippen LogP contribution in [0, 0.1) is 0 Å². The monoisotopic (exact) mass is 757 g/mol. The fourth-order valence-corrected chi connectivity index (χ4v) is 6.90. The molecule has 0 aromatic heterocycles. The number of rotatable bonds is 39. The summed E-state index contributed by atoms with van der Waals surface area (Å²) in [7, 11) is 1.29. The Morgan fingerprint density at radius 3 is 1.65 bits per heavy atom. The Balaban J connectivity index is 4.40. The van der Waals surface area contributed by atoms with E-state index in [0.717, 1.165) is 64.2 Å². The van der Waals surface area contributed by atoms with Gasteiger partial charge in [-0.05, 0) is 38.5 Å². The number of phosphoric ester groups is 1. The number of quaternary nitrogens is 1. The Morgan fingerprint density at radius 2 is 1.13 bits per heavy atom. The van der Waals surface area contributed by atoms with Gasteiger partial charge in [-0.2, -0.15) is 0 Å². The van der Waals surface area contributed by atoms with E-state index in [9.17, 15) is 19.4 Å². The maximum atomic E-state index is 12.8. The van der Waals surface area contributed by atoms with Gasteiger partial charge < -0.3 is 28.8 Å². The van der Waals surface area contributed by atoms with Gasteiger partial charge >= 0.3 is 0 Å². The first-order chi connectivity index (χ1) is 25.0. The first kappa shape index (κ1) is 51.0. The maximum Gasteiger partial charge on any atom is 0.268 e. The zero-order valence-electron chi connectivity index (χ0n) is 34.8. The van der Waals surface area contributed by atoms with Gasteiger partial charge in [0.1, 0.15) is 13.2 Å². The van der Waals surface area contributed by atoms with Crippen LogP contribution in [-0.4, -0.2) is 68.5 Å². The van der Waals surface area contributed by atoms with Crippen LogP contribution in [0.2, 0.25) is 0 Å². The normalized spacial score (nSPS) is 14.7. The molecule has 0 spiro atoms. The zero-order chi connectivity index (χ0) is 38.6. The van der Waals surface area contributed by atoms with Crippen molar-refractivity contribution in [3.8, 4) is 0 Å². The third kappa shape index (κ3) is 37.3. The highest BCUT2D eigenvalue weighted by molar-refractivity contribution is 7.45. The fourth-order valence-electron chi connectivity index (χ4n) is 6.17. The van der Waals surface area contributed by atoms with Crippen molar-refractivity contribution in [3.05, 3.63) is 24.3 Å². The van der Waals surface area contributed by atoms with Crippen LogP contribution in [0.5, 0.6) is 0 Å². The average molecular weight is 757 g/mol. The molecule has 308 valence electrons. The van der Waals surface area contributed by atoms with Crippen molar-refractivity contribution < 1.29 is 32.9 Å². The summed E-state index contributed by atoms with van der Waals surface area (Å²) in [5.74, 6) is -0.179. The third-order valence-electron chi connectivity index (χ3n) is 9.69. The Hall–Kier alpha value is -1.02. The molecule has 2 N–H and O–H groups in total. The number of carbonyl (C=O) groups is 1. The van der Waals surface area contributed by atoms with Gasteiger partial charge in [0.2, 0.25) is 5.91 Å². The van der Waals surface area contributed by atoms with E-state index < -0.39 is 20.0 Å². The maximum absolute atomic E-state index is 12.8. The van der Waals surface area contributed by atoms with E-state index in [1.807, 2.05) is 21.1 Å². The van der Waals surface area contributed by atoms with E-state index in [-0.39, 0.29) is 19.1 Å². The molecule has 8 nitrogen and oxygen atoms in total. The predicted molar refractivity (Wildman–Crippen MR) is 219 cm³/mol. The van der Waals surface area contributed by atoms with Crippen LogP contribution in [0.25, 0.3) is 0 Å². The number of nitrogens with zero attached hydrogens (tertiary/aromatic N) is 1. The summed E-state index contributed by atoms with van der Waals surface area (Å²) >= 11 is 0. The average Bonchev–Trinajstić information content (AvgIpc) is 3.09. The van der Waals surface area contributed by atoms with Crippen molar-refractivity contribution in [1.29, 1.82) is 0 Å². The van der Waals surface area contributed by atoms with E-state index in [1.165, 1.54) is 103 Å². The number of hydrogen-bond acceptors (Lipinski definition) is 6. The van der Waals surface area contributed by atoms with Crippen molar-refractivity contribution in [3.63, 3.8) is 0 Å². The minimum absolute atomic E-state index is 0.00973. The molecule has 0 bridgehead atoms. The summed E-state index contributed by atoms with van der Waals surface area (Å²) in [6.07, 6.45) is 40.3. The molecule has 0 fully saturated rings. The van der Waals surface area contributed by atoms with Crippen molar-refractivity contribution in [2.75, 3.05) is 40.9 Å². The molecule has 9 heteroatoms. The van der Waals surface area contributed by atoms with Gasteiger partial charge in [-0.1, -0.05) is 173 Å². The molecular formula is C43H85N2O6P. The molecule has 1 amide bonds. The zero-order valence-corrected chi connectivity index (χ0v) is 35.7. The predicted octanol–water partition coefficient (Wildman–Crippen LogP) is 11.1. The standard InChI is InChI=1S/C43H85N2O6P/c1-6-8-10-12-14-16-18-20-22-23-24-26-28-30-32-34-36-42(46)41(40-51-52(48,49)50-39-38-45(3,4)5)44-43(47)37-35-33-31-29-27-25-21-19-17-15-13-11-9-7-2/h13,15,19,21,41-42,46H,6-12,14,16-18,20,22-40H2,1-5H3,(H-,44,47,48,49)/b15-13-,21-19-. The number of phosphoric acid groups is 1. The SMILES string of the molecule is CCCC/C=C\C/C=C\CCCCCCCC(=O)NC(COP(=O)([O-])OCC[N+](C)(C)C)C(O)CCCCCCCCCCCCCCCCCC. The second-order valence-electron chi connectivity index (χ2n) is 16.1. The van der Waals surface area contributed by atoms with Gasteiger partial charge in [0.25, 0.3) is 7.82 Å². The van der Waals surface area contributed by atoms with Crippen molar-refractivity contribution >= 4 is 13.7 Å². The fraction of sp³-hybridized carbons (Fsp3) is 0.884. The van der Waals surface area contributed by atoms with Crippen LogP contribution in [0.15, 0.2) is 24.3 Å². The van der Waals surface area contributed by atoms with Gasteiger partial charge in [-0.15, -0.1) is 0 Å². The number of aliphatic hydroxyl groups is 1. The summed E-state index contributed by atoms with van der Waals surface area (Å²) in [6.45, 7) is 4.66. The summed E-state index contributed by atoms with van der Waals surface area (Å²) in [5.41, 5.74) is 0. The number of nitrogens with one attached hydrogen (secondary N) is 1. The van der Waals surface area contributed by atoms with Crippen LogP contribution in [0.3, 0.4) is 0 Å². The molecule has 52 heavy (non-hydrogen) atoms. The van der Waals surface area contributed by atoms with Gasteiger partial charge in [0, 0.05) is 6.42 Å². The first-order valence-corrected chi connectivity index (χ1v) is 23.1. The van der Waals surface area contributed by atoms with Crippen molar-refractivity contribution in [1.82, 2.24) is 5.32 Å². The number of allylic oxidation sites excluding steroid dienone is 4. The molecule has 0 radical (unpaired) electrons. The molecule has 3 atom stereocenters. The molecule has 0 aromatic carbocycles. The Labute approximate surface area is 322 Å². The molecule has 0 saturated carbocycles. The molecule has 0 rings (SSSR count). The number of amides is 1. The van der Waals surface area contributed by atoms with Gasteiger partial charge in [0.05, 0.1) is 39.9 Å². The first-order valence-electron chi connectivity index (χ1n) is 21.7. The molecular weight excluding hydrogens is 671 g/mol. The quantitative estimate of drug-likeness (QED) is 0.0280. The highest BCUT2D eigenvalue weighted by Crippen LogP contribution is 2.38. The van der Waals surface area contributed by atoms with E-state index >= 15 is 0 Å². The number of hydrogen-bond donors (Lipinski definition) is 2. The number of unbranched alkanes of at least 4 members (excludes halogenated alkanes) is 22. The van der Waals surface area contributed by atoms with E-state index in [2.05, 4.69) is 43.5 Å². The highest BCUT2D eigenvalue weighted by atomic mass is 31.2. The van der Waals surface area contributed by atoms with Crippen LogP contribution < -0.4 is 10.2 Å². The lowest BCUT2D eigenvalue weighted by Gasteiger charge is -2.30. The molecule has 0 aliphatic rings. The molecule has 3 unspecified atom stereocenters. The largest absolute Gasteiger partial charge is 0.756 e. The summed E-state index contributed by atoms with van der Waals surface area (Å²) in [5, 5.41) is 13.9. The third-order valence-corrected chi connectivity index (χ3v) is 10.7. The number of likely N-dealkylation sites (N-methyl/N-ethyl adjacent to an activating group) is 1. The van der Waals surface area contributed by atoms with E-state index in [1.54, 1.807) is 0 Å². The second kappa shape index (κ2) is 35.7. The molecule has 0 aliphatic carbocycles. The van der Waals surface area contributed by atoms with Gasteiger partial charge in [-0.3, -0.25) is 9.36 Å². The lowest BCUT2D eigenvalue weighted by atomic mass is 10.0. The minimum Gasteiger partial charge on any atom is -0.756 e. The van der Waals surface area contributed by atoms with Crippen molar-refractivity contribution in [2.45, 2.75) is 206 Å². The lowest BCUT2D eigenvalue weighted by Crippen LogP contribution is -2.46. The minimum atomic E-state index is -4.56. The van der Waals surface area contributed by atoms with Gasteiger partial charge in [-0.25, -0.2) is 0 Å². The Morgan fingerprint density at radius 1 is 0.673 bits per heavy atom. The molecule has 0 saturated heterocycles. The van der Waals surface area contributed by atoms with E-state index in [4.69, 9.17) is 9.05 Å². The Kier molecular flexibility index (Phi) is 35.0. The van der Waals surface area contributed by atoms with Crippen LogP contribution in [0.1, 0.15) is 194 Å². The lowest BCUT2D eigenvalue weighted by molar-refractivity contribution is -0.870. The molecule has 0 aliphatic heterocycles.